The maximum absolute atomic E-state index is 10.8. The van der Waals surface area contributed by atoms with Gasteiger partial charge in [0.1, 0.15) is 0 Å². The Morgan fingerprint density at radius 1 is 0.968 bits per heavy atom. The summed E-state index contributed by atoms with van der Waals surface area (Å²) in [6.45, 7) is 3.55. The van der Waals surface area contributed by atoms with Crippen molar-refractivity contribution >= 4 is 39.5 Å². The predicted molar refractivity (Wildman–Crippen MR) is 127 cm³/mol. The molecule has 1 amide bonds. The molecule has 4 heterocycles. The predicted octanol–water partition coefficient (Wildman–Crippen LogP) is 4.98. The number of anilines is 2. The molecule has 6 rings (SSSR count). The molecule has 1 saturated heterocycles. The number of nitrogens with one attached hydrogen (secondary N) is 1. The molecule has 0 spiro atoms. The van der Waals surface area contributed by atoms with Crippen molar-refractivity contribution in [3.05, 3.63) is 77.8 Å². The van der Waals surface area contributed by atoms with Crippen molar-refractivity contribution < 1.29 is 9.53 Å². The summed E-state index contributed by atoms with van der Waals surface area (Å²) < 4.78 is 5.47. The third-order valence-electron chi connectivity index (χ3n) is 5.53. The third-order valence-corrected chi connectivity index (χ3v) is 6.47. The SMILES string of the molecule is O=C1Cc2ccccc2N1.c1cc(-c2sccc2N2CCOCC2)c2cccnc2c1. The van der Waals surface area contributed by atoms with E-state index in [1.54, 1.807) is 11.3 Å². The quantitative estimate of drug-likeness (QED) is 0.488. The molecule has 5 nitrogen and oxygen atoms in total. The minimum atomic E-state index is 0.0983. The highest BCUT2D eigenvalue weighted by atomic mass is 32.1. The Morgan fingerprint density at radius 2 is 1.84 bits per heavy atom. The van der Waals surface area contributed by atoms with Crippen LogP contribution in [-0.2, 0) is 16.0 Å². The molecule has 1 N–H and O–H groups in total. The van der Waals surface area contributed by atoms with Gasteiger partial charge in [-0.05, 0) is 35.2 Å². The first-order valence-corrected chi connectivity index (χ1v) is 11.3. The summed E-state index contributed by atoms with van der Waals surface area (Å²) in [6, 6.07) is 20.5. The molecule has 31 heavy (non-hydrogen) atoms. The molecular weight excluding hydrogens is 406 g/mol. The van der Waals surface area contributed by atoms with Gasteiger partial charge in [-0.1, -0.05) is 36.4 Å². The normalized spacial score (nSPS) is 15.2. The summed E-state index contributed by atoms with van der Waals surface area (Å²) in [6.07, 6.45) is 2.39. The Kier molecular flexibility index (Phi) is 5.65. The van der Waals surface area contributed by atoms with Crippen LogP contribution < -0.4 is 10.2 Å². The number of carbonyl (C=O) groups is 1. The fourth-order valence-corrected chi connectivity index (χ4v) is 4.98. The molecule has 2 aromatic carbocycles. The molecule has 2 aromatic heterocycles. The van der Waals surface area contributed by atoms with E-state index in [2.05, 4.69) is 50.9 Å². The molecule has 0 saturated carbocycles. The lowest BCUT2D eigenvalue weighted by Crippen LogP contribution is -2.36. The summed E-state index contributed by atoms with van der Waals surface area (Å²) >= 11 is 1.80. The zero-order valence-corrected chi connectivity index (χ0v) is 17.9. The van der Waals surface area contributed by atoms with Gasteiger partial charge >= 0.3 is 0 Å². The van der Waals surface area contributed by atoms with E-state index in [0.29, 0.717) is 6.42 Å². The van der Waals surface area contributed by atoms with E-state index in [1.165, 1.54) is 21.5 Å². The van der Waals surface area contributed by atoms with Gasteiger partial charge in [0, 0.05) is 35.9 Å². The van der Waals surface area contributed by atoms with Gasteiger partial charge in [0.05, 0.1) is 35.7 Å². The van der Waals surface area contributed by atoms with Crippen LogP contribution in [0.5, 0.6) is 0 Å². The molecule has 4 aromatic rings. The summed E-state index contributed by atoms with van der Waals surface area (Å²) in [5, 5.41) is 6.15. The highest BCUT2D eigenvalue weighted by Gasteiger charge is 2.18. The van der Waals surface area contributed by atoms with Crippen LogP contribution in [0, 0.1) is 0 Å². The van der Waals surface area contributed by atoms with Gasteiger partial charge < -0.3 is 15.0 Å². The first-order valence-electron chi connectivity index (χ1n) is 10.4. The van der Waals surface area contributed by atoms with Crippen molar-refractivity contribution in [2.75, 3.05) is 36.5 Å². The van der Waals surface area contributed by atoms with Crippen LogP contribution in [0.15, 0.2) is 72.2 Å². The second kappa shape index (κ2) is 8.88. The molecule has 2 aliphatic rings. The highest BCUT2D eigenvalue weighted by Crippen LogP contribution is 2.39. The minimum absolute atomic E-state index is 0.0983. The summed E-state index contributed by atoms with van der Waals surface area (Å²) in [5.74, 6) is 0.0983. The Labute approximate surface area is 185 Å². The van der Waals surface area contributed by atoms with Gasteiger partial charge in [-0.3, -0.25) is 9.78 Å². The maximum atomic E-state index is 10.8. The van der Waals surface area contributed by atoms with Crippen LogP contribution in [0.25, 0.3) is 21.3 Å². The van der Waals surface area contributed by atoms with Crippen LogP contribution in [-0.4, -0.2) is 37.2 Å². The molecule has 0 aliphatic carbocycles. The molecule has 156 valence electrons. The zero-order chi connectivity index (χ0) is 21.0. The van der Waals surface area contributed by atoms with Crippen molar-refractivity contribution in [1.82, 2.24) is 4.98 Å². The second-order valence-electron chi connectivity index (χ2n) is 7.49. The number of thiophene rings is 1. The molecule has 0 bridgehead atoms. The molecular formula is C25H23N3O2S. The van der Waals surface area contributed by atoms with Gasteiger partial charge in [-0.15, -0.1) is 11.3 Å². The van der Waals surface area contributed by atoms with Crippen LogP contribution >= 0.6 is 11.3 Å². The summed E-state index contributed by atoms with van der Waals surface area (Å²) in [7, 11) is 0. The van der Waals surface area contributed by atoms with Gasteiger partial charge in [-0.2, -0.15) is 0 Å². The lowest BCUT2D eigenvalue weighted by molar-refractivity contribution is -0.115. The average Bonchev–Trinajstić information content (AvgIpc) is 3.45. The van der Waals surface area contributed by atoms with Gasteiger partial charge in [0.15, 0.2) is 0 Å². The minimum Gasteiger partial charge on any atom is -0.378 e. The van der Waals surface area contributed by atoms with E-state index in [4.69, 9.17) is 4.74 Å². The summed E-state index contributed by atoms with van der Waals surface area (Å²) in [4.78, 5) is 19.0. The van der Waals surface area contributed by atoms with E-state index in [0.717, 1.165) is 43.1 Å². The highest BCUT2D eigenvalue weighted by molar-refractivity contribution is 7.14. The summed E-state index contributed by atoms with van der Waals surface area (Å²) in [5.41, 5.74) is 5.72. The number of ether oxygens (including phenoxy) is 1. The van der Waals surface area contributed by atoms with Crippen LogP contribution in [0.1, 0.15) is 5.56 Å². The van der Waals surface area contributed by atoms with Crippen molar-refractivity contribution in [2.45, 2.75) is 6.42 Å². The standard InChI is InChI=1S/C17H16N2OS.C8H7NO/c1-3-14(13-4-2-7-18-15(13)5-1)17-16(6-12-21-17)19-8-10-20-11-9-19;10-8-5-6-3-1-2-4-7(6)9-8/h1-7,12H,8-11H2;1-4H,5H2,(H,9,10). The first kappa shape index (κ1) is 19.7. The lowest BCUT2D eigenvalue weighted by Gasteiger charge is -2.29. The Morgan fingerprint density at radius 3 is 2.71 bits per heavy atom. The number of hydrogen-bond donors (Lipinski definition) is 1. The average molecular weight is 430 g/mol. The molecule has 0 unspecified atom stereocenters. The smallest absolute Gasteiger partial charge is 0.228 e. The van der Waals surface area contributed by atoms with E-state index >= 15 is 0 Å². The number of pyridine rings is 1. The number of para-hydroxylation sites is 1. The number of nitrogens with zero attached hydrogens (tertiary/aromatic N) is 2. The van der Waals surface area contributed by atoms with E-state index in [9.17, 15) is 4.79 Å². The molecule has 1 fully saturated rings. The second-order valence-corrected chi connectivity index (χ2v) is 8.41. The van der Waals surface area contributed by atoms with Crippen molar-refractivity contribution in [1.29, 1.82) is 0 Å². The molecule has 6 heteroatoms. The van der Waals surface area contributed by atoms with Gasteiger partial charge in [-0.25, -0.2) is 0 Å². The fourth-order valence-electron chi connectivity index (χ4n) is 4.02. The first-order chi connectivity index (χ1) is 15.3. The third kappa shape index (κ3) is 4.17. The number of morpholine rings is 1. The topological polar surface area (TPSA) is 54.5 Å². The molecule has 0 atom stereocenters. The monoisotopic (exact) mass is 429 g/mol. The Bertz CT molecular complexity index is 1180. The number of hydrogen-bond acceptors (Lipinski definition) is 5. The van der Waals surface area contributed by atoms with Crippen molar-refractivity contribution in [3.8, 4) is 10.4 Å². The van der Waals surface area contributed by atoms with Gasteiger partial charge in [0.25, 0.3) is 0 Å². The number of amides is 1. The van der Waals surface area contributed by atoms with E-state index in [-0.39, 0.29) is 5.91 Å². The Balaban J connectivity index is 0.000000171. The largest absolute Gasteiger partial charge is 0.378 e. The number of benzene rings is 2. The zero-order valence-electron chi connectivity index (χ0n) is 17.1. The van der Waals surface area contributed by atoms with Crippen LogP contribution in [0.2, 0.25) is 0 Å². The number of fused-ring (bicyclic) bond motifs is 2. The van der Waals surface area contributed by atoms with E-state index in [1.807, 2.05) is 36.5 Å². The van der Waals surface area contributed by atoms with Crippen LogP contribution in [0.3, 0.4) is 0 Å². The lowest BCUT2D eigenvalue weighted by atomic mass is 10.1. The van der Waals surface area contributed by atoms with Crippen molar-refractivity contribution in [2.24, 2.45) is 0 Å². The molecule has 2 aliphatic heterocycles. The molecule has 0 radical (unpaired) electrons. The number of rotatable bonds is 2. The fraction of sp³-hybridized carbons (Fsp3) is 0.200. The van der Waals surface area contributed by atoms with Crippen LogP contribution in [0.4, 0.5) is 11.4 Å². The Hall–Kier alpha value is -3.22. The van der Waals surface area contributed by atoms with E-state index < -0.39 is 0 Å². The number of carbonyl (C=O) groups excluding carboxylic acids is 1. The van der Waals surface area contributed by atoms with Crippen molar-refractivity contribution in [3.63, 3.8) is 0 Å². The number of aromatic nitrogens is 1. The van der Waals surface area contributed by atoms with Gasteiger partial charge in [0.2, 0.25) is 5.91 Å². The maximum Gasteiger partial charge on any atom is 0.228 e.